The van der Waals surface area contributed by atoms with Crippen LogP contribution in [0.3, 0.4) is 0 Å². The standard InChI is InChI=1S/C64H92N4O21/c1-6-7-57-88-52-33-46-45-14-11-42-32-44(70)18-21-62(42,4)58(45)49(72)35-63(46,5)64(52,89-57)51(74)38-87-61(81)86-37-40-8-12-43(13-9-40)66-54(76)34-47(39(2)3)67-60(80)41(10-15-53(75)65-22-19-48(71)59(79)50(73)36-69)20-24-82-26-28-84-30-31-85-29-27-83-25-23-68-55(77)16-17-56(68)78/h8-9,12-13,16-18,21,32,39,41,45-50,52,57-59,69,71-73,79H,6-7,10-11,14-15,19-20,22-31,33-38H2,1-5H3,(H,65,75)(H,66,76)(H,67,80)/t41?,45?,46-,47?,48?,49?,50+,52?,57?,58?,59?,62?,63?,64?/m0/s1. The molecular formula is C64H92N4O21. The molecule has 25 nitrogen and oxygen atoms in total. The highest BCUT2D eigenvalue weighted by atomic mass is 16.8. The van der Waals surface area contributed by atoms with Gasteiger partial charge in [-0.05, 0) is 99.0 Å². The molecule has 1 saturated heterocycles. The third kappa shape index (κ3) is 17.8. The van der Waals surface area contributed by atoms with E-state index >= 15 is 0 Å². The molecule has 2 heterocycles. The van der Waals surface area contributed by atoms with Crippen LogP contribution in [0.5, 0.6) is 0 Å². The number of amides is 5. The Morgan fingerprint density at radius 2 is 1.48 bits per heavy atom. The first-order valence-corrected chi connectivity index (χ1v) is 31.3. The van der Waals surface area contributed by atoms with Crippen LogP contribution in [-0.2, 0) is 78.1 Å². The lowest BCUT2D eigenvalue weighted by atomic mass is 9.46. The summed E-state index contributed by atoms with van der Waals surface area (Å²) in [7, 11) is 0. The molecule has 8 N–H and O–H groups in total. The third-order valence-electron chi connectivity index (χ3n) is 18.6. The Kier molecular flexibility index (Phi) is 26.1. The first kappa shape index (κ1) is 70.6. The van der Waals surface area contributed by atoms with Gasteiger partial charge in [-0.15, -0.1) is 0 Å². The number of fused-ring (bicyclic) bond motifs is 7. The maximum Gasteiger partial charge on any atom is 0.509 e. The number of anilines is 1. The van der Waals surface area contributed by atoms with E-state index in [9.17, 15) is 58.8 Å². The fourth-order valence-corrected chi connectivity index (χ4v) is 13.8. The predicted molar refractivity (Wildman–Crippen MR) is 318 cm³/mol. The Labute approximate surface area is 519 Å². The number of benzene rings is 1. The Morgan fingerprint density at radius 1 is 0.820 bits per heavy atom. The number of aliphatic hydroxyl groups excluding tert-OH is 5. The second-order valence-corrected chi connectivity index (χ2v) is 24.8. The quantitative estimate of drug-likeness (QED) is 0.0270. The van der Waals surface area contributed by atoms with Gasteiger partial charge in [0.25, 0.3) is 11.8 Å². The van der Waals surface area contributed by atoms with Crippen molar-refractivity contribution < 1.29 is 102 Å². The van der Waals surface area contributed by atoms with E-state index in [1.54, 1.807) is 36.4 Å². The number of nitrogens with zero attached hydrogens (tertiary/aromatic N) is 1. The predicted octanol–water partition coefficient (Wildman–Crippen LogP) is 2.91. The Morgan fingerprint density at radius 3 is 2.13 bits per heavy atom. The van der Waals surface area contributed by atoms with Crippen LogP contribution in [0.1, 0.15) is 111 Å². The van der Waals surface area contributed by atoms with Crippen molar-refractivity contribution in [2.24, 2.45) is 40.4 Å². The summed E-state index contributed by atoms with van der Waals surface area (Å²) in [5, 5.41) is 59.3. The van der Waals surface area contributed by atoms with Crippen LogP contribution in [0.2, 0.25) is 0 Å². The number of hydrogen-bond acceptors (Lipinski definition) is 21. The minimum Gasteiger partial charge on any atom is -0.429 e. The van der Waals surface area contributed by atoms with Crippen molar-refractivity contribution in [1.82, 2.24) is 15.5 Å². The molecule has 0 spiro atoms. The van der Waals surface area contributed by atoms with Gasteiger partial charge in [0.05, 0.1) is 77.7 Å². The highest BCUT2D eigenvalue weighted by Gasteiger charge is 2.76. The summed E-state index contributed by atoms with van der Waals surface area (Å²) in [5.41, 5.74) is -0.828. The molecule has 0 aromatic heterocycles. The lowest BCUT2D eigenvalue weighted by molar-refractivity contribution is -0.200. The number of Topliss-reactive ketones (excluding diaryl/α,β-unsaturated/α-hetero) is 1. The first-order valence-electron chi connectivity index (χ1n) is 31.3. The third-order valence-corrected chi connectivity index (χ3v) is 18.6. The lowest BCUT2D eigenvalue weighted by Gasteiger charge is -2.59. The number of ketones is 2. The molecular weight excluding hydrogens is 1160 g/mol. The van der Waals surface area contributed by atoms with Gasteiger partial charge in [-0.3, -0.25) is 38.5 Å². The van der Waals surface area contributed by atoms with Crippen LogP contribution in [0, 0.1) is 40.4 Å². The maximum atomic E-state index is 14.6. The number of carbonyl (C=O) groups excluding carboxylic acids is 8. The summed E-state index contributed by atoms with van der Waals surface area (Å²) in [6, 6.07) is 5.92. The zero-order valence-electron chi connectivity index (χ0n) is 51.8. The second-order valence-electron chi connectivity index (χ2n) is 24.8. The SMILES string of the molecule is CCCC1OC2C[C@H]3C4CCC5=CC(=O)C=CC5(C)C4C(O)CC3(C)C2(C(=O)COC(=O)OCc2ccc(NC(=O)CC(NC(=O)C(CCOCCOCCOCCOCCN3C(=O)C=CC3=O)CCC(=O)NCCC(O)C(O)[C@H](O)CO)C(C)C)cc2)O1. The number of rotatable bonds is 37. The van der Waals surface area contributed by atoms with Gasteiger partial charge in [-0.1, -0.05) is 64.8 Å². The first-order chi connectivity index (χ1) is 42.5. The van der Waals surface area contributed by atoms with Gasteiger partial charge in [0.1, 0.15) is 18.8 Å². The molecule has 6 aliphatic rings. The van der Waals surface area contributed by atoms with Crippen molar-refractivity contribution >= 4 is 52.9 Å². The number of carbonyl (C=O) groups is 8. The van der Waals surface area contributed by atoms with Crippen LogP contribution in [0.4, 0.5) is 10.5 Å². The number of allylic oxidation sites excluding steroid dienone is 4. The molecule has 0 radical (unpaired) electrons. The lowest BCUT2D eigenvalue weighted by Crippen LogP contribution is -2.63. The molecule has 5 amide bonds. The molecule has 4 aliphatic carbocycles. The number of imide groups is 1. The summed E-state index contributed by atoms with van der Waals surface area (Å²) in [5.74, 6) is -3.62. The van der Waals surface area contributed by atoms with Gasteiger partial charge in [0.15, 0.2) is 24.3 Å². The minimum atomic E-state index is -1.61. The molecule has 1 aromatic rings. The van der Waals surface area contributed by atoms with Gasteiger partial charge in [-0.25, -0.2) is 4.79 Å². The molecule has 25 heteroatoms. The summed E-state index contributed by atoms with van der Waals surface area (Å²) in [6.07, 6.45) is 3.49. The van der Waals surface area contributed by atoms with Crippen molar-refractivity contribution in [3.05, 3.63) is 65.8 Å². The normalized spacial score (nSPS) is 27.6. The minimum absolute atomic E-state index is 0.0169. The molecule has 89 heavy (non-hydrogen) atoms. The average Bonchev–Trinajstić information content (AvgIpc) is 1.57. The summed E-state index contributed by atoms with van der Waals surface area (Å²) in [4.78, 5) is 105. The molecule has 1 aromatic carbocycles. The molecule has 12 unspecified atom stereocenters. The van der Waals surface area contributed by atoms with E-state index in [0.29, 0.717) is 30.5 Å². The van der Waals surface area contributed by atoms with Crippen LogP contribution in [0.15, 0.2) is 60.2 Å². The van der Waals surface area contributed by atoms with Crippen LogP contribution in [-0.4, -0.2) is 205 Å². The zero-order chi connectivity index (χ0) is 64.5. The maximum absolute atomic E-state index is 14.6. The molecule has 14 atom stereocenters. The molecule has 4 fully saturated rings. The summed E-state index contributed by atoms with van der Waals surface area (Å²) >= 11 is 0. The van der Waals surface area contributed by atoms with Crippen LogP contribution < -0.4 is 16.0 Å². The van der Waals surface area contributed by atoms with Crippen molar-refractivity contribution in [1.29, 1.82) is 0 Å². The van der Waals surface area contributed by atoms with Crippen molar-refractivity contribution in [3.63, 3.8) is 0 Å². The Hall–Kier alpha value is -5.84. The average molecular weight is 1250 g/mol. The van der Waals surface area contributed by atoms with E-state index in [0.717, 1.165) is 23.3 Å². The number of hydrogen-bond donors (Lipinski definition) is 8. The largest absolute Gasteiger partial charge is 0.509 e. The highest BCUT2D eigenvalue weighted by molar-refractivity contribution is 6.12. The monoisotopic (exact) mass is 1250 g/mol. The van der Waals surface area contributed by atoms with E-state index in [1.165, 1.54) is 12.2 Å². The fraction of sp³-hybridized carbons (Fsp3) is 0.688. The van der Waals surface area contributed by atoms with Crippen molar-refractivity contribution in [2.75, 3.05) is 84.5 Å². The molecule has 0 bridgehead atoms. The zero-order valence-corrected chi connectivity index (χ0v) is 51.8. The Balaban J connectivity index is 0.848. The van der Waals surface area contributed by atoms with E-state index in [1.807, 2.05) is 33.8 Å². The molecule has 494 valence electrons. The fourth-order valence-electron chi connectivity index (χ4n) is 13.8. The van der Waals surface area contributed by atoms with Crippen LogP contribution >= 0.6 is 0 Å². The van der Waals surface area contributed by atoms with Gasteiger partial charge in [0.2, 0.25) is 23.5 Å². The van der Waals surface area contributed by atoms with Gasteiger partial charge in [-0.2, -0.15) is 0 Å². The number of nitrogens with one attached hydrogen (secondary N) is 3. The summed E-state index contributed by atoms with van der Waals surface area (Å²) in [6.45, 7) is 10.1. The number of ether oxygens (including phenoxy) is 8. The smallest absolute Gasteiger partial charge is 0.429 e. The molecule has 2 aliphatic heterocycles. The van der Waals surface area contributed by atoms with Gasteiger partial charge in [0, 0.05) is 72.5 Å². The molecule has 7 rings (SSSR count). The highest BCUT2D eigenvalue weighted by Crippen LogP contribution is 2.69. The number of aliphatic hydroxyl groups is 5. The van der Waals surface area contributed by atoms with E-state index in [4.69, 9.17) is 43.0 Å². The Bertz CT molecular complexity index is 2690. The van der Waals surface area contributed by atoms with Gasteiger partial charge < -0.3 is 79.4 Å². The van der Waals surface area contributed by atoms with Crippen molar-refractivity contribution in [3.8, 4) is 0 Å². The second kappa shape index (κ2) is 32.9. The van der Waals surface area contributed by atoms with Gasteiger partial charge >= 0.3 is 6.16 Å². The topological polar surface area (TPSA) is 351 Å². The molecule has 3 saturated carbocycles. The van der Waals surface area contributed by atoms with Crippen LogP contribution in [0.25, 0.3) is 0 Å². The van der Waals surface area contributed by atoms with E-state index in [2.05, 4.69) is 22.9 Å². The summed E-state index contributed by atoms with van der Waals surface area (Å²) < 4.78 is 46.4. The van der Waals surface area contributed by atoms with Crippen molar-refractivity contribution in [2.45, 2.75) is 160 Å². The van der Waals surface area contributed by atoms with E-state index < -0.39 is 108 Å². The van der Waals surface area contributed by atoms with E-state index in [-0.39, 0.29) is 152 Å².